The molecule has 4 N–H and O–H groups in total. The summed E-state index contributed by atoms with van der Waals surface area (Å²) in [6.45, 7) is 10.9. The SMILES string of the molecule is C=CC(=O)NC1C=CC=C(Oc2nc(NC3CCC(N4CCOCC4)=CC3C)c(C(N)=O)nc2CC)C1. The summed E-state index contributed by atoms with van der Waals surface area (Å²) in [6, 6.07) is -0.158. The van der Waals surface area contributed by atoms with Gasteiger partial charge in [0, 0.05) is 31.2 Å². The number of nitrogens with two attached hydrogens (primary N) is 1. The lowest BCUT2D eigenvalue weighted by molar-refractivity contribution is -0.116. The topological polar surface area (TPSA) is 132 Å². The van der Waals surface area contributed by atoms with Crippen LogP contribution in [0.15, 0.2) is 48.4 Å². The Balaban J connectivity index is 1.53. The molecule has 4 rings (SSSR count). The van der Waals surface area contributed by atoms with Gasteiger partial charge < -0.3 is 30.7 Å². The van der Waals surface area contributed by atoms with Crippen LogP contribution in [0.25, 0.3) is 0 Å². The Morgan fingerprint density at radius 2 is 2.11 bits per heavy atom. The number of morpholine rings is 1. The molecule has 3 aliphatic rings. The second-order valence-electron chi connectivity index (χ2n) is 9.44. The van der Waals surface area contributed by atoms with Gasteiger partial charge in [-0.3, -0.25) is 9.59 Å². The summed E-state index contributed by atoms with van der Waals surface area (Å²) in [7, 11) is 0. The molecule has 2 heterocycles. The number of rotatable bonds is 9. The van der Waals surface area contributed by atoms with Crippen LogP contribution >= 0.6 is 0 Å². The minimum Gasteiger partial charge on any atom is -0.442 e. The maximum absolute atomic E-state index is 12.3. The number of nitrogens with one attached hydrogen (secondary N) is 2. The molecule has 1 aliphatic heterocycles. The molecule has 1 saturated heterocycles. The van der Waals surface area contributed by atoms with E-state index in [4.69, 9.17) is 15.2 Å². The van der Waals surface area contributed by atoms with Gasteiger partial charge in [-0.05, 0) is 37.3 Å². The van der Waals surface area contributed by atoms with E-state index in [2.05, 4.69) is 45.1 Å². The quantitative estimate of drug-likeness (QED) is 0.434. The average molecular weight is 509 g/mol. The van der Waals surface area contributed by atoms with Crippen molar-refractivity contribution in [1.82, 2.24) is 20.2 Å². The van der Waals surface area contributed by atoms with Crippen LogP contribution in [0.1, 0.15) is 49.3 Å². The number of aromatic nitrogens is 2. The number of hydrogen-bond donors (Lipinski definition) is 3. The third-order valence-corrected chi connectivity index (χ3v) is 6.83. The van der Waals surface area contributed by atoms with Crippen molar-refractivity contribution in [3.63, 3.8) is 0 Å². The zero-order chi connectivity index (χ0) is 26.4. The molecular formula is C27H36N6O4. The monoisotopic (exact) mass is 508 g/mol. The number of primary amides is 1. The number of amides is 2. The van der Waals surface area contributed by atoms with Gasteiger partial charge in [0.25, 0.3) is 5.91 Å². The van der Waals surface area contributed by atoms with Gasteiger partial charge in [0.15, 0.2) is 11.5 Å². The Bertz CT molecular complexity index is 1120. The molecule has 1 aromatic heterocycles. The summed E-state index contributed by atoms with van der Waals surface area (Å²) in [6.07, 6.45) is 11.8. The third-order valence-electron chi connectivity index (χ3n) is 6.83. The van der Waals surface area contributed by atoms with Crippen molar-refractivity contribution >= 4 is 17.6 Å². The molecule has 2 aliphatic carbocycles. The summed E-state index contributed by atoms with van der Waals surface area (Å²) >= 11 is 0. The molecule has 0 saturated carbocycles. The highest BCUT2D eigenvalue weighted by Crippen LogP contribution is 2.31. The second-order valence-corrected chi connectivity index (χ2v) is 9.44. The van der Waals surface area contributed by atoms with Crippen LogP contribution in [0.3, 0.4) is 0 Å². The van der Waals surface area contributed by atoms with E-state index in [0.717, 1.165) is 39.1 Å². The standard InChI is InChI=1S/C27H36N6O4/c1-4-21-27(37-20-8-6-7-18(16-20)29-23(34)5-2)32-26(24(30-21)25(28)35)31-22-10-9-19(15-17(22)3)33-11-13-36-14-12-33/h5-8,15,17-18,22H,2,4,9-14,16H2,1,3H3,(H2,28,35)(H,29,34)(H,31,32). The molecule has 37 heavy (non-hydrogen) atoms. The first-order chi connectivity index (χ1) is 17.9. The fourth-order valence-corrected chi connectivity index (χ4v) is 4.79. The van der Waals surface area contributed by atoms with Gasteiger partial charge in [-0.15, -0.1) is 0 Å². The molecule has 1 aromatic rings. The second kappa shape index (κ2) is 12.1. The molecule has 10 heteroatoms. The highest BCUT2D eigenvalue weighted by molar-refractivity contribution is 5.95. The summed E-state index contributed by atoms with van der Waals surface area (Å²) in [5, 5.41) is 6.28. The fraction of sp³-hybridized carbons (Fsp3) is 0.481. The highest BCUT2D eigenvalue weighted by atomic mass is 16.5. The Labute approximate surface area is 217 Å². The first-order valence-electron chi connectivity index (χ1n) is 12.9. The van der Waals surface area contributed by atoms with Crippen molar-refractivity contribution in [2.75, 3.05) is 31.6 Å². The molecule has 10 nitrogen and oxygen atoms in total. The minimum absolute atomic E-state index is 0.0628. The number of anilines is 1. The summed E-state index contributed by atoms with van der Waals surface area (Å²) in [4.78, 5) is 35.6. The number of carbonyl (C=O) groups is 2. The maximum atomic E-state index is 12.3. The van der Waals surface area contributed by atoms with E-state index in [1.54, 1.807) is 0 Å². The van der Waals surface area contributed by atoms with Crippen LogP contribution in [0.5, 0.6) is 5.88 Å². The predicted octanol–water partition coefficient (Wildman–Crippen LogP) is 2.46. The van der Waals surface area contributed by atoms with Crippen molar-refractivity contribution in [3.8, 4) is 5.88 Å². The van der Waals surface area contributed by atoms with Gasteiger partial charge in [-0.1, -0.05) is 38.7 Å². The van der Waals surface area contributed by atoms with Crippen LogP contribution in [-0.4, -0.2) is 65.1 Å². The van der Waals surface area contributed by atoms with E-state index in [9.17, 15) is 9.59 Å². The van der Waals surface area contributed by atoms with Crippen LogP contribution < -0.4 is 21.1 Å². The minimum atomic E-state index is -0.642. The van der Waals surface area contributed by atoms with Crippen molar-refractivity contribution in [2.24, 2.45) is 11.7 Å². The molecule has 0 aromatic carbocycles. The summed E-state index contributed by atoms with van der Waals surface area (Å²) in [5.41, 5.74) is 7.67. The molecular weight excluding hydrogens is 472 g/mol. The van der Waals surface area contributed by atoms with E-state index >= 15 is 0 Å². The van der Waals surface area contributed by atoms with Gasteiger partial charge in [0.05, 0.1) is 19.3 Å². The van der Waals surface area contributed by atoms with Crippen molar-refractivity contribution < 1.29 is 19.1 Å². The fourth-order valence-electron chi connectivity index (χ4n) is 4.79. The number of ether oxygens (including phenoxy) is 2. The lowest BCUT2D eigenvalue weighted by Gasteiger charge is -2.37. The molecule has 0 bridgehead atoms. The van der Waals surface area contributed by atoms with E-state index in [1.165, 1.54) is 11.8 Å². The Morgan fingerprint density at radius 3 is 2.78 bits per heavy atom. The number of aryl methyl sites for hydroxylation is 1. The summed E-state index contributed by atoms with van der Waals surface area (Å²) in [5.74, 6) is 0.583. The van der Waals surface area contributed by atoms with Gasteiger partial charge in [-0.25, -0.2) is 4.98 Å². The van der Waals surface area contributed by atoms with Gasteiger partial charge in [-0.2, -0.15) is 4.98 Å². The van der Waals surface area contributed by atoms with Crippen LogP contribution in [0.2, 0.25) is 0 Å². The van der Waals surface area contributed by atoms with E-state index in [0.29, 0.717) is 36.0 Å². The average Bonchev–Trinajstić information content (AvgIpc) is 2.90. The predicted molar refractivity (Wildman–Crippen MR) is 141 cm³/mol. The van der Waals surface area contributed by atoms with Crippen LogP contribution in [-0.2, 0) is 16.0 Å². The smallest absolute Gasteiger partial charge is 0.271 e. The molecule has 3 unspecified atom stereocenters. The molecule has 198 valence electrons. The highest BCUT2D eigenvalue weighted by Gasteiger charge is 2.28. The van der Waals surface area contributed by atoms with Crippen LogP contribution in [0, 0.1) is 5.92 Å². The zero-order valence-corrected chi connectivity index (χ0v) is 21.5. The first-order valence-corrected chi connectivity index (χ1v) is 12.9. The van der Waals surface area contributed by atoms with Gasteiger partial charge in [0.2, 0.25) is 11.8 Å². The van der Waals surface area contributed by atoms with E-state index in [-0.39, 0.29) is 29.6 Å². The van der Waals surface area contributed by atoms with E-state index < -0.39 is 5.91 Å². The number of nitrogens with zero attached hydrogens (tertiary/aromatic N) is 3. The lowest BCUT2D eigenvalue weighted by Crippen LogP contribution is -2.39. The number of carbonyl (C=O) groups excluding carboxylic acids is 2. The largest absolute Gasteiger partial charge is 0.442 e. The van der Waals surface area contributed by atoms with Crippen molar-refractivity contribution in [1.29, 1.82) is 0 Å². The zero-order valence-electron chi connectivity index (χ0n) is 21.5. The van der Waals surface area contributed by atoms with Crippen LogP contribution in [0.4, 0.5) is 5.82 Å². The normalized spacial score (nSPS) is 23.5. The van der Waals surface area contributed by atoms with E-state index in [1.807, 2.05) is 25.2 Å². The first kappa shape index (κ1) is 26.4. The Kier molecular flexibility index (Phi) is 8.60. The lowest BCUT2D eigenvalue weighted by atomic mass is 9.89. The van der Waals surface area contributed by atoms with Gasteiger partial charge in [0.1, 0.15) is 11.5 Å². The Hall–Kier alpha value is -3.66. The molecule has 3 atom stereocenters. The number of hydrogen-bond acceptors (Lipinski definition) is 8. The molecule has 0 radical (unpaired) electrons. The van der Waals surface area contributed by atoms with Gasteiger partial charge >= 0.3 is 0 Å². The Morgan fingerprint density at radius 1 is 1.32 bits per heavy atom. The number of allylic oxidation sites excluding steroid dienone is 3. The molecule has 2 amide bonds. The molecule has 0 spiro atoms. The summed E-state index contributed by atoms with van der Waals surface area (Å²) < 4.78 is 11.6. The molecule has 1 fully saturated rings. The maximum Gasteiger partial charge on any atom is 0.271 e. The third kappa shape index (κ3) is 6.56. The van der Waals surface area contributed by atoms with Crippen molar-refractivity contribution in [3.05, 3.63) is 59.8 Å². The van der Waals surface area contributed by atoms with Crippen molar-refractivity contribution in [2.45, 2.75) is 51.6 Å².